The van der Waals surface area contributed by atoms with Crippen LogP contribution in [0.4, 0.5) is 13.2 Å². The maximum Gasteiger partial charge on any atom is 0.573 e. The molecule has 0 unspecified atom stereocenters. The van der Waals surface area contributed by atoms with Gasteiger partial charge in [0.15, 0.2) is 0 Å². The summed E-state index contributed by atoms with van der Waals surface area (Å²) >= 11 is 0. The van der Waals surface area contributed by atoms with Crippen LogP contribution in [0.15, 0.2) is 30.6 Å². The molecule has 0 saturated carbocycles. The Balaban J connectivity index is 1.41. The van der Waals surface area contributed by atoms with Gasteiger partial charge in [-0.1, -0.05) is 0 Å². The number of carbonyl (C=O) groups is 1. The molecule has 172 valence electrons. The lowest BCUT2D eigenvalue weighted by Gasteiger charge is -2.57. The normalized spacial score (nSPS) is 17.1. The number of alkyl halides is 3. The lowest BCUT2D eigenvalue weighted by atomic mass is 9.82. The fourth-order valence-electron chi connectivity index (χ4n) is 3.81. The lowest BCUT2D eigenvalue weighted by molar-refractivity contribution is -0.274. The highest BCUT2D eigenvalue weighted by molar-refractivity contribution is 5.94. The molecule has 1 amide bonds. The zero-order valence-corrected chi connectivity index (χ0v) is 17.8. The summed E-state index contributed by atoms with van der Waals surface area (Å²) in [5, 5.41) is 0. The molecule has 2 aliphatic rings. The van der Waals surface area contributed by atoms with Crippen LogP contribution < -0.4 is 9.47 Å². The van der Waals surface area contributed by atoms with Gasteiger partial charge in [-0.15, -0.1) is 13.2 Å². The molecule has 1 aromatic carbocycles. The largest absolute Gasteiger partial charge is 0.573 e. The summed E-state index contributed by atoms with van der Waals surface area (Å²) in [5.41, 5.74) is 0.848. The summed E-state index contributed by atoms with van der Waals surface area (Å²) in [6, 6.07) is 4.21. The molecular weight excluding hydrogens is 427 g/mol. The maximum absolute atomic E-state index is 12.7. The van der Waals surface area contributed by atoms with Gasteiger partial charge in [0.1, 0.15) is 17.3 Å². The third-order valence-electron chi connectivity index (χ3n) is 5.49. The zero-order valence-electron chi connectivity index (χ0n) is 17.8. The van der Waals surface area contributed by atoms with E-state index < -0.39 is 6.36 Å². The molecule has 2 fully saturated rings. The molecule has 32 heavy (non-hydrogen) atoms. The van der Waals surface area contributed by atoms with Crippen LogP contribution in [0.3, 0.4) is 0 Å². The minimum Gasteiger partial charge on any atom is -0.491 e. The summed E-state index contributed by atoms with van der Waals surface area (Å²) in [5.74, 6) is 0.330. The highest BCUT2D eigenvalue weighted by atomic mass is 19.4. The molecule has 0 atom stereocenters. The van der Waals surface area contributed by atoms with Crippen molar-refractivity contribution in [3.63, 3.8) is 0 Å². The second kappa shape index (κ2) is 8.57. The average Bonchev–Trinajstić information content (AvgIpc) is 2.62. The van der Waals surface area contributed by atoms with Crippen molar-refractivity contribution in [2.75, 3.05) is 19.8 Å². The van der Waals surface area contributed by atoms with Gasteiger partial charge in [0.2, 0.25) is 0 Å². The highest BCUT2D eigenvalue weighted by Gasteiger charge is 2.53. The number of aromatic nitrogens is 2. The topological polar surface area (TPSA) is 73.8 Å². The number of amides is 1. The van der Waals surface area contributed by atoms with Crippen LogP contribution in [0.5, 0.6) is 11.5 Å². The van der Waals surface area contributed by atoms with Gasteiger partial charge in [-0.05, 0) is 44.4 Å². The number of likely N-dealkylation sites (tertiary alicyclic amines) is 1. The number of hydrogen-bond acceptors (Lipinski definition) is 6. The summed E-state index contributed by atoms with van der Waals surface area (Å²) in [4.78, 5) is 23.0. The van der Waals surface area contributed by atoms with E-state index in [2.05, 4.69) is 14.7 Å². The highest BCUT2D eigenvalue weighted by Crippen LogP contribution is 2.38. The van der Waals surface area contributed by atoms with Crippen molar-refractivity contribution in [2.24, 2.45) is 0 Å². The second-order valence-electron chi connectivity index (χ2n) is 8.34. The van der Waals surface area contributed by atoms with E-state index in [-0.39, 0.29) is 23.3 Å². The predicted octanol–water partition coefficient (Wildman–Crippen LogP) is 3.56. The number of hydrogen-bond donors (Lipinski definition) is 0. The van der Waals surface area contributed by atoms with Gasteiger partial charge in [-0.3, -0.25) is 4.79 Å². The molecule has 1 aromatic heterocycles. The maximum atomic E-state index is 12.7. The SMILES string of the molecule is CC(C)Oc1cc(CCc2ncc(C(=O)N3CCC34COC4)cn2)cc(OC(F)(F)F)c1. The predicted molar refractivity (Wildman–Crippen MR) is 108 cm³/mol. The number of aryl methyl sites for hydroxylation is 2. The van der Waals surface area contributed by atoms with Gasteiger partial charge in [0.05, 0.1) is 30.4 Å². The number of halogens is 3. The molecule has 0 aliphatic carbocycles. The van der Waals surface area contributed by atoms with Gasteiger partial charge in [0.25, 0.3) is 5.91 Å². The first kappa shape index (κ1) is 22.3. The van der Waals surface area contributed by atoms with E-state index in [1.807, 2.05) is 0 Å². The molecule has 3 heterocycles. The minimum atomic E-state index is -4.79. The molecule has 0 bridgehead atoms. The Morgan fingerprint density at radius 3 is 2.38 bits per heavy atom. The number of benzene rings is 1. The van der Waals surface area contributed by atoms with Crippen LogP contribution >= 0.6 is 0 Å². The van der Waals surface area contributed by atoms with Crippen LogP contribution in [0.25, 0.3) is 0 Å². The van der Waals surface area contributed by atoms with Crippen LogP contribution in [0, 0.1) is 0 Å². The van der Waals surface area contributed by atoms with E-state index >= 15 is 0 Å². The average molecular weight is 451 g/mol. The number of ether oxygens (including phenoxy) is 3. The standard InChI is InChI=1S/C22H24F3N3O4/c1-14(2)31-17-7-15(8-18(9-17)32-22(23,24)25)3-4-19-26-10-16(11-27-19)20(29)28-6-5-21(28)12-30-13-21/h7-11,14H,3-6,12-13H2,1-2H3. The Kier molecular flexibility index (Phi) is 5.98. The van der Waals surface area contributed by atoms with E-state index in [0.717, 1.165) is 6.42 Å². The monoisotopic (exact) mass is 451 g/mol. The van der Waals surface area contributed by atoms with E-state index in [1.54, 1.807) is 24.8 Å². The molecule has 7 nitrogen and oxygen atoms in total. The van der Waals surface area contributed by atoms with Crippen molar-refractivity contribution in [1.82, 2.24) is 14.9 Å². The number of carbonyl (C=O) groups excluding carboxylic acids is 1. The molecule has 0 radical (unpaired) electrons. The zero-order chi connectivity index (χ0) is 22.9. The van der Waals surface area contributed by atoms with Crippen molar-refractivity contribution < 1.29 is 32.2 Å². The Bertz CT molecular complexity index is 970. The van der Waals surface area contributed by atoms with Gasteiger partial charge in [-0.2, -0.15) is 0 Å². The first-order chi connectivity index (χ1) is 15.1. The number of rotatable bonds is 7. The lowest BCUT2D eigenvalue weighted by Crippen LogP contribution is -2.72. The Morgan fingerprint density at radius 1 is 1.16 bits per heavy atom. The van der Waals surface area contributed by atoms with Crippen LogP contribution in [0.2, 0.25) is 0 Å². The van der Waals surface area contributed by atoms with Crippen LogP contribution in [-0.4, -0.2) is 58.5 Å². The summed E-state index contributed by atoms with van der Waals surface area (Å²) in [6.07, 6.45) is -0.304. The Hall–Kier alpha value is -2.88. The van der Waals surface area contributed by atoms with Gasteiger partial charge < -0.3 is 19.1 Å². The van der Waals surface area contributed by atoms with Gasteiger partial charge >= 0.3 is 6.36 Å². The second-order valence-corrected chi connectivity index (χ2v) is 8.34. The Morgan fingerprint density at radius 2 is 1.84 bits per heavy atom. The molecule has 10 heteroatoms. The van der Waals surface area contributed by atoms with E-state index in [4.69, 9.17) is 9.47 Å². The van der Waals surface area contributed by atoms with Crippen molar-refractivity contribution in [3.05, 3.63) is 47.5 Å². The van der Waals surface area contributed by atoms with Crippen LogP contribution in [-0.2, 0) is 17.6 Å². The summed E-state index contributed by atoms with van der Waals surface area (Å²) in [6.45, 7) is 5.40. The van der Waals surface area contributed by atoms with Gasteiger partial charge in [0, 0.05) is 31.4 Å². The first-order valence-corrected chi connectivity index (χ1v) is 10.4. The summed E-state index contributed by atoms with van der Waals surface area (Å²) < 4.78 is 52.8. The van der Waals surface area contributed by atoms with Crippen molar-refractivity contribution in [3.8, 4) is 11.5 Å². The Labute approximate surface area is 183 Å². The summed E-state index contributed by atoms with van der Waals surface area (Å²) in [7, 11) is 0. The molecule has 2 saturated heterocycles. The fourth-order valence-corrected chi connectivity index (χ4v) is 3.81. The van der Waals surface area contributed by atoms with Crippen LogP contribution in [0.1, 0.15) is 42.0 Å². The van der Waals surface area contributed by atoms with Gasteiger partial charge in [-0.25, -0.2) is 9.97 Å². The minimum absolute atomic E-state index is 0.112. The molecule has 0 N–H and O–H groups in total. The quantitative estimate of drug-likeness (QED) is 0.641. The number of nitrogens with zero attached hydrogens (tertiary/aromatic N) is 3. The molecule has 2 aliphatic heterocycles. The fraction of sp³-hybridized carbons (Fsp3) is 0.500. The first-order valence-electron chi connectivity index (χ1n) is 10.4. The van der Waals surface area contributed by atoms with Crippen molar-refractivity contribution in [1.29, 1.82) is 0 Å². The van der Waals surface area contributed by atoms with Crippen molar-refractivity contribution >= 4 is 5.91 Å². The van der Waals surface area contributed by atoms with Crippen molar-refractivity contribution in [2.45, 2.75) is 51.1 Å². The van der Waals surface area contributed by atoms with E-state index in [1.165, 1.54) is 24.5 Å². The third-order valence-corrected chi connectivity index (χ3v) is 5.49. The smallest absolute Gasteiger partial charge is 0.491 e. The molecular formula is C22H24F3N3O4. The molecule has 1 spiro atoms. The van der Waals surface area contributed by atoms with E-state index in [0.29, 0.717) is 55.3 Å². The third kappa shape index (κ3) is 4.95. The molecule has 2 aromatic rings. The van der Waals surface area contributed by atoms with E-state index in [9.17, 15) is 18.0 Å². The molecule has 4 rings (SSSR count).